The van der Waals surface area contributed by atoms with Crippen molar-refractivity contribution in [3.05, 3.63) is 64.9 Å². The lowest BCUT2D eigenvalue weighted by Gasteiger charge is -2.24. The number of fused-ring (bicyclic) bond motifs is 5. The highest BCUT2D eigenvalue weighted by molar-refractivity contribution is 6.31. The maximum absolute atomic E-state index is 9.53. The Morgan fingerprint density at radius 2 is 2.04 bits per heavy atom. The first-order valence-electron chi connectivity index (χ1n) is 8.87. The van der Waals surface area contributed by atoms with Crippen LogP contribution in [0.25, 0.3) is 5.69 Å². The first-order chi connectivity index (χ1) is 13.7. The molecule has 0 radical (unpaired) electrons. The quantitative estimate of drug-likeness (QED) is 0.686. The van der Waals surface area contributed by atoms with E-state index >= 15 is 0 Å². The molecule has 2 atom stereocenters. The summed E-state index contributed by atoms with van der Waals surface area (Å²) >= 11 is 6.25. The van der Waals surface area contributed by atoms with Gasteiger partial charge in [0.1, 0.15) is 18.1 Å². The predicted octanol–water partition coefficient (Wildman–Crippen LogP) is 3.16. The minimum atomic E-state index is -0.451. The number of nitrogens with zero attached hydrogens (tertiary/aromatic N) is 6. The van der Waals surface area contributed by atoms with Gasteiger partial charge in [0.05, 0.1) is 35.5 Å². The van der Waals surface area contributed by atoms with Crippen molar-refractivity contribution in [2.24, 2.45) is 4.99 Å². The Hall–Kier alpha value is -3.37. The topological polar surface area (TPSA) is 79.3 Å². The third kappa shape index (κ3) is 2.70. The SMILES string of the molecule is N#CC1N=CN2c3ccc(Cl)cc3-n3nnc(COc4ccccc4)c3CC12. The molecule has 2 aliphatic rings. The maximum atomic E-state index is 9.53. The zero-order chi connectivity index (χ0) is 19.1. The predicted molar refractivity (Wildman–Crippen MR) is 105 cm³/mol. The molecule has 0 bridgehead atoms. The number of anilines is 1. The summed E-state index contributed by atoms with van der Waals surface area (Å²) in [5.74, 6) is 0.766. The standard InChI is InChI=1S/C20H15ClN6O/c21-13-6-7-17-20(8-13)27-19(9-18-15(10-22)23-12-26(17)18)16(24-25-27)11-28-14-4-2-1-3-5-14/h1-8,12,15,18H,9,11H2. The van der Waals surface area contributed by atoms with Gasteiger partial charge in [0.15, 0.2) is 6.04 Å². The molecule has 2 aliphatic heterocycles. The van der Waals surface area contributed by atoms with Crippen LogP contribution in [0.15, 0.2) is 53.5 Å². The van der Waals surface area contributed by atoms with Crippen LogP contribution in [0.5, 0.6) is 5.75 Å². The van der Waals surface area contributed by atoms with Gasteiger partial charge in [-0.25, -0.2) is 4.68 Å². The second-order valence-corrected chi connectivity index (χ2v) is 7.08. The van der Waals surface area contributed by atoms with Crippen molar-refractivity contribution in [3.8, 4) is 17.5 Å². The van der Waals surface area contributed by atoms with E-state index in [0.717, 1.165) is 28.5 Å². The molecule has 0 N–H and O–H groups in total. The van der Waals surface area contributed by atoms with Gasteiger partial charge in [-0.05, 0) is 30.3 Å². The van der Waals surface area contributed by atoms with Gasteiger partial charge >= 0.3 is 0 Å². The minimum absolute atomic E-state index is 0.125. The van der Waals surface area contributed by atoms with Gasteiger partial charge in [0, 0.05) is 11.4 Å². The second kappa shape index (κ2) is 6.66. The summed E-state index contributed by atoms with van der Waals surface area (Å²) in [4.78, 5) is 6.39. The maximum Gasteiger partial charge on any atom is 0.159 e. The number of ether oxygens (including phenoxy) is 1. The van der Waals surface area contributed by atoms with Crippen LogP contribution in [0.4, 0.5) is 5.69 Å². The number of halogens is 1. The lowest BCUT2D eigenvalue weighted by Crippen LogP contribution is -2.37. The van der Waals surface area contributed by atoms with Crippen molar-refractivity contribution in [3.63, 3.8) is 0 Å². The van der Waals surface area contributed by atoms with E-state index in [1.807, 2.05) is 53.4 Å². The van der Waals surface area contributed by atoms with Crippen molar-refractivity contribution < 1.29 is 4.74 Å². The van der Waals surface area contributed by atoms with E-state index in [1.165, 1.54) is 0 Å². The van der Waals surface area contributed by atoms with Gasteiger partial charge in [-0.2, -0.15) is 5.26 Å². The molecule has 2 aromatic carbocycles. The van der Waals surface area contributed by atoms with Crippen LogP contribution in [0, 0.1) is 11.3 Å². The molecule has 7 nitrogen and oxygen atoms in total. The number of benzene rings is 2. The molecule has 0 saturated carbocycles. The van der Waals surface area contributed by atoms with Crippen LogP contribution >= 0.6 is 11.6 Å². The van der Waals surface area contributed by atoms with Gasteiger partial charge in [-0.1, -0.05) is 35.0 Å². The van der Waals surface area contributed by atoms with Crippen LogP contribution in [-0.2, 0) is 13.0 Å². The van der Waals surface area contributed by atoms with Crippen LogP contribution in [0.2, 0.25) is 5.02 Å². The van der Waals surface area contributed by atoms with Crippen molar-refractivity contribution >= 4 is 23.6 Å². The van der Waals surface area contributed by atoms with Gasteiger partial charge in [0.25, 0.3) is 0 Å². The lowest BCUT2D eigenvalue weighted by molar-refractivity contribution is 0.299. The van der Waals surface area contributed by atoms with Crippen molar-refractivity contribution in [2.75, 3.05) is 4.90 Å². The summed E-state index contributed by atoms with van der Waals surface area (Å²) < 4.78 is 7.68. The molecule has 3 heterocycles. The molecule has 3 aromatic rings. The number of nitriles is 1. The molecule has 28 heavy (non-hydrogen) atoms. The van der Waals surface area contributed by atoms with E-state index in [1.54, 1.807) is 11.0 Å². The van der Waals surface area contributed by atoms with Crippen LogP contribution in [0.3, 0.4) is 0 Å². The second-order valence-electron chi connectivity index (χ2n) is 6.65. The lowest BCUT2D eigenvalue weighted by atomic mass is 10.0. The molecule has 8 heteroatoms. The summed E-state index contributed by atoms with van der Waals surface area (Å²) in [6.07, 6.45) is 2.30. The normalized spacial score (nSPS) is 19.4. The molecule has 0 spiro atoms. The molecule has 2 unspecified atom stereocenters. The highest BCUT2D eigenvalue weighted by Crippen LogP contribution is 2.36. The van der Waals surface area contributed by atoms with E-state index in [9.17, 15) is 5.26 Å². The minimum Gasteiger partial charge on any atom is -0.487 e. The van der Waals surface area contributed by atoms with E-state index in [2.05, 4.69) is 21.4 Å². The van der Waals surface area contributed by atoms with Crippen molar-refractivity contribution in [1.29, 1.82) is 5.26 Å². The monoisotopic (exact) mass is 390 g/mol. The summed E-state index contributed by atoms with van der Waals surface area (Å²) in [5.41, 5.74) is 3.35. The van der Waals surface area contributed by atoms with Gasteiger partial charge < -0.3 is 9.64 Å². The van der Waals surface area contributed by atoms with Crippen molar-refractivity contribution in [1.82, 2.24) is 15.0 Å². The van der Waals surface area contributed by atoms with E-state index in [-0.39, 0.29) is 6.04 Å². The Morgan fingerprint density at radius 3 is 2.86 bits per heavy atom. The third-order valence-corrected chi connectivity index (χ3v) is 5.25. The smallest absolute Gasteiger partial charge is 0.159 e. The first-order valence-corrected chi connectivity index (χ1v) is 9.25. The Kier molecular flexibility index (Phi) is 3.99. The van der Waals surface area contributed by atoms with Crippen LogP contribution < -0.4 is 9.64 Å². The summed E-state index contributed by atoms with van der Waals surface area (Å²) in [7, 11) is 0. The fourth-order valence-corrected chi connectivity index (χ4v) is 3.81. The molecule has 5 rings (SSSR count). The van der Waals surface area contributed by atoms with E-state index < -0.39 is 6.04 Å². The van der Waals surface area contributed by atoms with E-state index in [0.29, 0.717) is 18.1 Å². The number of aromatic nitrogens is 3. The van der Waals surface area contributed by atoms with Crippen LogP contribution in [0.1, 0.15) is 11.4 Å². The molecule has 0 saturated heterocycles. The zero-order valence-electron chi connectivity index (χ0n) is 14.7. The average molecular weight is 391 g/mol. The fraction of sp³-hybridized carbons (Fsp3) is 0.200. The van der Waals surface area contributed by atoms with Gasteiger partial charge in [0.2, 0.25) is 0 Å². The van der Waals surface area contributed by atoms with Crippen molar-refractivity contribution in [2.45, 2.75) is 25.1 Å². The number of rotatable bonds is 3. The highest BCUT2D eigenvalue weighted by atomic mass is 35.5. The highest BCUT2D eigenvalue weighted by Gasteiger charge is 2.38. The summed E-state index contributed by atoms with van der Waals surface area (Å²) in [5, 5.41) is 18.9. The van der Waals surface area contributed by atoms with Gasteiger partial charge in [-0.15, -0.1) is 5.10 Å². The summed E-state index contributed by atoms with van der Waals surface area (Å²) in [6.45, 7) is 0.292. The third-order valence-electron chi connectivity index (χ3n) is 5.01. The molecule has 1 aromatic heterocycles. The number of hydrogen-bond donors (Lipinski definition) is 0. The molecular weight excluding hydrogens is 376 g/mol. The molecule has 0 aliphatic carbocycles. The Labute approximate surface area is 166 Å². The zero-order valence-corrected chi connectivity index (χ0v) is 15.5. The number of para-hydroxylation sites is 1. The Bertz CT molecular complexity index is 1100. The Morgan fingerprint density at radius 1 is 1.18 bits per heavy atom. The molecule has 0 amide bonds. The fourth-order valence-electron chi connectivity index (χ4n) is 3.64. The first kappa shape index (κ1) is 16.8. The van der Waals surface area contributed by atoms with Gasteiger partial charge in [-0.3, -0.25) is 4.99 Å². The average Bonchev–Trinajstić information content (AvgIpc) is 3.28. The molecule has 0 fully saturated rings. The number of hydrogen-bond acceptors (Lipinski definition) is 6. The molecular formula is C20H15ClN6O. The Balaban J connectivity index is 1.57. The summed E-state index contributed by atoms with van der Waals surface area (Å²) in [6, 6.07) is 16.9. The largest absolute Gasteiger partial charge is 0.487 e. The van der Waals surface area contributed by atoms with Crippen LogP contribution in [-0.4, -0.2) is 33.4 Å². The number of aliphatic imine (C=N–C) groups is 1. The molecule has 138 valence electrons. The van der Waals surface area contributed by atoms with E-state index in [4.69, 9.17) is 16.3 Å².